The van der Waals surface area contributed by atoms with Gasteiger partial charge in [0.2, 0.25) is 0 Å². The summed E-state index contributed by atoms with van der Waals surface area (Å²) in [7, 11) is 0. The van der Waals surface area contributed by atoms with Gasteiger partial charge in [-0.2, -0.15) is 0 Å². The molecule has 0 amide bonds. The molecule has 0 aliphatic carbocycles. The van der Waals surface area contributed by atoms with E-state index in [0.717, 1.165) is 55.5 Å². The highest BCUT2D eigenvalue weighted by molar-refractivity contribution is 5.38. The number of rotatable bonds is 5. The molecule has 1 fully saturated rings. The predicted octanol–water partition coefficient (Wildman–Crippen LogP) is 4.67. The molecule has 110 valence electrons. The summed E-state index contributed by atoms with van der Waals surface area (Å²) in [4.78, 5) is 0. The molecule has 1 aliphatic heterocycles. The predicted molar refractivity (Wildman–Crippen MR) is 83.8 cm³/mol. The van der Waals surface area contributed by atoms with Crippen molar-refractivity contribution in [2.24, 2.45) is 0 Å². The van der Waals surface area contributed by atoms with Crippen LogP contribution < -0.4 is 5.32 Å². The van der Waals surface area contributed by atoms with E-state index in [2.05, 4.69) is 31.8 Å². The fourth-order valence-corrected chi connectivity index (χ4v) is 3.36. The smallest absolute Gasteiger partial charge is 0.127 e. The number of benzene rings is 1. The van der Waals surface area contributed by atoms with E-state index in [0.29, 0.717) is 5.92 Å². The van der Waals surface area contributed by atoms with Crippen LogP contribution in [0.15, 0.2) is 24.8 Å². The second-order valence-corrected chi connectivity index (χ2v) is 5.89. The quantitative estimate of drug-likeness (QED) is 0.770. The van der Waals surface area contributed by atoms with Crippen LogP contribution in [0.2, 0.25) is 0 Å². The van der Waals surface area contributed by atoms with Crippen molar-refractivity contribution < 1.29 is 4.39 Å². The highest BCUT2D eigenvalue weighted by Gasteiger charge is 2.22. The van der Waals surface area contributed by atoms with Crippen LogP contribution in [0.3, 0.4) is 0 Å². The molecule has 1 aromatic carbocycles. The monoisotopic (exact) mass is 275 g/mol. The lowest BCUT2D eigenvalue weighted by molar-refractivity contribution is 0.443. The molecule has 1 N–H and O–H groups in total. The van der Waals surface area contributed by atoms with Gasteiger partial charge in [-0.1, -0.05) is 25.5 Å². The molecule has 2 heteroatoms. The van der Waals surface area contributed by atoms with Gasteiger partial charge in [0.05, 0.1) is 0 Å². The number of nitrogens with one attached hydrogen (secondary N) is 1. The molecule has 0 spiro atoms. The fourth-order valence-electron chi connectivity index (χ4n) is 3.36. The minimum atomic E-state index is -0.0187. The van der Waals surface area contributed by atoms with Gasteiger partial charge >= 0.3 is 0 Å². The second-order valence-electron chi connectivity index (χ2n) is 5.89. The van der Waals surface area contributed by atoms with Crippen molar-refractivity contribution in [1.29, 1.82) is 0 Å². The Balaban J connectivity index is 2.30. The van der Waals surface area contributed by atoms with E-state index in [9.17, 15) is 4.39 Å². The summed E-state index contributed by atoms with van der Waals surface area (Å²) in [5.74, 6) is 0.629. The third kappa shape index (κ3) is 3.29. The maximum Gasteiger partial charge on any atom is 0.127 e. The lowest BCUT2D eigenvalue weighted by atomic mass is 9.84. The molecule has 0 aromatic heterocycles. The van der Waals surface area contributed by atoms with Gasteiger partial charge in [0.1, 0.15) is 5.82 Å². The Kier molecular flexibility index (Phi) is 5.36. The van der Waals surface area contributed by atoms with Crippen LogP contribution in [-0.2, 0) is 0 Å². The summed E-state index contributed by atoms with van der Waals surface area (Å²) in [6.07, 6.45) is 6.15. The molecule has 1 atom stereocenters. The summed E-state index contributed by atoms with van der Waals surface area (Å²) in [6, 6.07) is 3.91. The molecule has 1 aliphatic rings. The molecular weight excluding hydrogens is 249 g/mol. The van der Waals surface area contributed by atoms with Gasteiger partial charge in [-0.3, -0.25) is 0 Å². The highest BCUT2D eigenvalue weighted by Crippen LogP contribution is 2.33. The van der Waals surface area contributed by atoms with Crippen molar-refractivity contribution >= 4 is 0 Å². The zero-order chi connectivity index (χ0) is 14.5. The highest BCUT2D eigenvalue weighted by atomic mass is 19.1. The van der Waals surface area contributed by atoms with Gasteiger partial charge in [0, 0.05) is 5.92 Å². The van der Waals surface area contributed by atoms with E-state index < -0.39 is 0 Å². The first-order valence-electron chi connectivity index (χ1n) is 7.80. The fraction of sp³-hybridized carbons (Fsp3) is 0.556. The van der Waals surface area contributed by atoms with Crippen molar-refractivity contribution in [3.05, 3.63) is 47.3 Å². The minimum Gasteiger partial charge on any atom is -0.317 e. The van der Waals surface area contributed by atoms with Crippen LogP contribution in [0.1, 0.15) is 61.1 Å². The SMILES string of the molecule is C=CC(CCC)c1cc(C)c(C2CCNCC2)c(F)c1. The Labute approximate surface area is 122 Å². The van der Waals surface area contributed by atoms with Crippen molar-refractivity contribution in [2.45, 2.75) is 51.4 Å². The number of hydrogen-bond acceptors (Lipinski definition) is 1. The van der Waals surface area contributed by atoms with Gasteiger partial charge in [-0.15, -0.1) is 6.58 Å². The second kappa shape index (κ2) is 7.03. The number of piperidine rings is 1. The lowest BCUT2D eigenvalue weighted by Crippen LogP contribution is -2.27. The topological polar surface area (TPSA) is 12.0 Å². The van der Waals surface area contributed by atoms with Crippen LogP contribution in [0, 0.1) is 12.7 Å². The first-order valence-corrected chi connectivity index (χ1v) is 7.80. The maximum atomic E-state index is 14.6. The van der Waals surface area contributed by atoms with E-state index in [4.69, 9.17) is 0 Å². The van der Waals surface area contributed by atoms with E-state index >= 15 is 0 Å². The average molecular weight is 275 g/mol. The Morgan fingerprint density at radius 3 is 2.65 bits per heavy atom. The van der Waals surface area contributed by atoms with Crippen LogP contribution in [0.5, 0.6) is 0 Å². The molecule has 1 saturated heterocycles. The Morgan fingerprint density at radius 1 is 1.40 bits per heavy atom. The number of aryl methyl sites for hydroxylation is 1. The van der Waals surface area contributed by atoms with Gasteiger partial charge in [0.15, 0.2) is 0 Å². The van der Waals surface area contributed by atoms with E-state index in [1.54, 1.807) is 6.07 Å². The largest absolute Gasteiger partial charge is 0.317 e. The lowest BCUT2D eigenvalue weighted by Gasteiger charge is -2.26. The number of hydrogen-bond donors (Lipinski definition) is 1. The molecule has 0 saturated carbocycles. The van der Waals surface area contributed by atoms with Crippen LogP contribution in [0.4, 0.5) is 4.39 Å². The van der Waals surface area contributed by atoms with Crippen LogP contribution >= 0.6 is 0 Å². The Morgan fingerprint density at radius 2 is 2.10 bits per heavy atom. The molecule has 1 nitrogen and oxygen atoms in total. The Bertz CT molecular complexity index is 437. The van der Waals surface area contributed by atoms with Gasteiger partial charge in [-0.25, -0.2) is 4.39 Å². The molecular formula is C18H26FN. The van der Waals surface area contributed by atoms with E-state index in [1.807, 2.05) is 6.08 Å². The third-order valence-corrected chi connectivity index (χ3v) is 4.42. The zero-order valence-electron chi connectivity index (χ0n) is 12.7. The first-order chi connectivity index (χ1) is 9.67. The van der Waals surface area contributed by atoms with Gasteiger partial charge < -0.3 is 5.32 Å². The molecule has 0 radical (unpaired) electrons. The summed E-state index contributed by atoms with van der Waals surface area (Å²) in [5.41, 5.74) is 3.12. The van der Waals surface area contributed by atoms with Crippen LogP contribution in [0.25, 0.3) is 0 Å². The van der Waals surface area contributed by atoms with E-state index in [1.165, 1.54) is 0 Å². The summed E-state index contributed by atoms with van der Waals surface area (Å²) < 4.78 is 14.6. The van der Waals surface area contributed by atoms with Crippen LogP contribution in [-0.4, -0.2) is 13.1 Å². The molecule has 1 aromatic rings. The average Bonchev–Trinajstić information content (AvgIpc) is 2.45. The number of halogens is 1. The normalized spacial score (nSPS) is 17.9. The molecule has 20 heavy (non-hydrogen) atoms. The van der Waals surface area contributed by atoms with Gasteiger partial charge in [0.25, 0.3) is 0 Å². The third-order valence-electron chi connectivity index (χ3n) is 4.42. The summed E-state index contributed by atoms with van der Waals surface area (Å²) >= 11 is 0. The molecule has 1 unspecified atom stereocenters. The minimum absolute atomic E-state index is 0.0187. The van der Waals surface area contributed by atoms with Crippen molar-refractivity contribution in [3.63, 3.8) is 0 Å². The molecule has 2 rings (SSSR count). The standard InChI is InChI=1S/C18H26FN/c1-4-6-14(5-2)16-11-13(3)18(17(19)12-16)15-7-9-20-10-8-15/h5,11-12,14-15,20H,2,4,6-10H2,1,3H3. The van der Waals surface area contributed by atoms with E-state index in [-0.39, 0.29) is 11.7 Å². The Hall–Kier alpha value is -1.15. The molecule has 1 heterocycles. The van der Waals surface area contributed by atoms with Crippen molar-refractivity contribution in [1.82, 2.24) is 5.32 Å². The summed E-state index contributed by atoms with van der Waals surface area (Å²) in [6.45, 7) is 10.1. The van der Waals surface area contributed by atoms with Gasteiger partial charge in [-0.05, 0) is 68.0 Å². The van der Waals surface area contributed by atoms with Crippen molar-refractivity contribution in [3.8, 4) is 0 Å². The first kappa shape index (κ1) is 15.2. The zero-order valence-corrected chi connectivity index (χ0v) is 12.7. The van der Waals surface area contributed by atoms with Crippen molar-refractivity contribution in [2.75, 3.05) is 13.1 Å². The number of allylic oxidation sites excluding steroid dienone is 1. The maximum absolute atomic E-state index is 14.6. The molecule has 0 bridgehead atoms. The summed E-state index contributed by atoms with van der Waals surface area (Å²) in [5, 5.41) is 3.34.